The number of methoxy groups -OCH3 is 1. The number of aromatic nitrogens is 5. The van der Waals surface area contributed by atoms with Crippen molar-refractivity contribution in [1.29, 1.82) is 0 Å². The Kier molecular flexibility index (Phi) is 5.48. The van der Waals surface area contributed by atoms with Gasteiger partial charge in [0, 0.05) is 30.8 Å². The van der Waals surface area contributed by atoms with Gasteiger partial charge in [0.05, 0.1) is 19.0 Å². The number of anilines is 1. The Morgan fingerprint density at radius 3 is 2.83 bits per heavy atom. The molecule has 0 bridgehead atoms. The minimum Gasteiger partial charge on any atom is -0.495 e. The molecule has 0 amide bonds. The topological polar surface area (TPSA) is 89.3 Å². The van der Waals surface area contributed by atoms with E-state index >= 15 is 0 Å². The third kappa shape index (κ3) is 3.84. The summed E-state index contributed by atoms with van der Waals surface area (Å²) in [5.41, 5.74) is 3.49. The van der Waals surface area contributed by atoms with Gasteiger partial charge in [0.1, 0.15) is 17.1 Å². The van der Waals surface area contributed by atoms with Gasteiger partial charge in [0.15, 0.2) is 5.65 Å². The van der Waals surface area contributed by atoms with Gasteiger partial charge in [-0.25, -0.2) is 19.5 Å². The molecular weight excluding hydrogens is 378 g/mol. The number of rotatable bonds is 5. The van der Waals surface area contributed by atoms with E-state index in [1.165, 1.54) is 25.7 Å². The number of nitrogens with one attached hydrogen (secondary N) is 2. The summed E-state index contributed by atoms with van der Waals surface area (Å²) in [7, 11) is 1.71. The van der Waals surface area contributed by atoms with Crippen molar-refractivity contribution in [3.8, 4) is 17.1 Å². The van der Waals surface area contributed by atoms with E-state index in [1.54, 1.807) is 13.3 Å². The molecular formula is C22H29N7O. The van der Waals surface area contributed by atoms with E-state index in [2.05, 4.69) is 20.6 Å². The molecule has 4 heterocycles. The van der Waals surface area contributed by atoms with Crippen LogP contribution in [0.15, 0.2) is 24.5 Å². The lowest BCUT2D eigenvalue weighted by atomic mass is 9.86. The molecule has 1 aliphatic heterocycles. The molecule has 8 nitrogen and oxygen atoms in total. The van der Waals surface area contributed by atoms with Crippen molar-refractivity contribution in [2.75, 3.05) is 25.5 Å². The first-order valence-corrected chi connectivity index (χ1v) is 11.0. The van der Waals surface area contributed by atoms with Crippen molar-refractivity contribution < 1.29 is 4.74 Å². The number of hydrogen-bond donors (Lipinski definition) is 2. The van der Waals surface area contributed by atoms with Gasteiger partial charge in [0.25, 0.3) is 0 Å². The third-order valence-electron chi connectivity index (χ3n) is 6.24. The fourth-order valence-corrected chi connectivity index (χ4v) is 4.64. The van der Waals surface area contributed by atoms with Gasteiger partial charge in [-0.15, -0.1) is 0 Å². The maximum absolute atomic E-state index is 5.67. The first-order chi connectivity index (χ1) is 14.8. The third-order valence-corrected chi connectivity index (χ3v) is 6.24. The molecule has 0 spiro atoms. The predicted octanol–water partition coefficient (Wildman–Crippen LogP) is 3.41. The monoisotopic (exact) mass is 407 g/mol. The Morgan fingerprint density at radius 2 is 2.03 bits per heavy atom. The van der Waals surface area contributed by atoms with Gasteiger partial charge in [-0.1, -0.05) is 19.3 Å². The van der Waals surface area contributed by atoms with Crippen LogP contribution >= 0.6 is 0 Å². The number of fused-ring (bicyclic) bond motifs is 1. The molecule has 0 radical (unpaired) electrons. The highest BCUT2D eigenvalue weighted by molar-refractivity contribution is 5.61. The Balaban J connectivity index is 1.49. The summed E-state index contributed by atoms with van der Waals surface area (Å²) < 4.78 is 7.57. The van der Waals surface area contributed by atoms with E-state index < -0.39 is 0 Å². The molecule has 3 aromatic heterocycles. The van der Waals surface area contributed by atoms with Gasteiger partial charge in [-0.05, 0) is 38.3 Å². The normalized spacial score (nSPS) is 20.4. The van der Waals surface area contributed by atoms with Crippen molar-refractivity contribution in [3.63, 3.8) is 0 Å². The summed E-state index contributed by atoms with van der Waals surface area (Å²) in [6, 6.07) is 4.27. The quantitative estimate of drug-likeness (QED) is 0.670. The molecule has 2 fully saturated rings. The Labute approximate surface area is 176 Å². The van der Waals surface area contributed by atoms with Crippen molar-refractivity contribution in [2.24, 2.45) is 0 Å². The Hall–Kier alpha value is -2.74. The molecule has 1 aliphatic carbocycles. The first kappa shape index (κ1) is 19.2. The zero-order valence-electron chi connectivity index (χ0n) is 17.5. The van der Waals surface area contributed by atoms with Crippen LogP contribution in [0.3, 0.4) is 0 Å². The van der Waals surface area contributed by atoms with Gasteiger partial charge in [0.2, 0.25) is 5.95 Å². The van der Waals surface area contributed by atoms with Crippen LogP contribution in [0.1, 0.15) is 56.6 Å². The van der Waals surface area contributed by atoms with Crippen LogP contribution in [0.5, 0.6) is 5.75 Å². The Morgan fingerprint density at radius 1 is 1.13 bits per heavy atom. The van der Waals surface area contributed by atoms with Gasteiger partial charge in [-0.3, -0.25) is 0 Å². The maximum Gasteiger partial charge on any atom is 0.223 e. The molecule has 0 unspecified atom stereocenters. The number of imidazole rings is 1. The first-order valence-electron chi connectivity index (χ1n) is 11.0. The van der Waals surface area contributed by atoms with E-state index in [1.807, 2.05) is 22.8 Å². The minimum absolute atomic E-state index is 0.358. The van der Waals surface area contributed by atoms with Crippen molar-refractivity contribution in [3.05, 3.63) is 30.2 Å². The van der Waals surface area contributed by atoms with Crippen LogP contribution < -0.4 is 15.4 Å². The van der Waals surface area contributed by atoms with Gasteiger partial charge in [-0.2, -0.15) is 5.10 Å². The fraction of sp³-hybridized carbons (Fsp3) is 0.545. The highest BCUT2D eigenvalue weighted by Gasteiger charge is 2.23. The van der Waals surface area contributed by atoms with Crippen LogP contribution in [-0.2, 0) is 0 Å². The average molecular weight is 408 g/mol. The molecule has 0 aromatic carbocycles. The second kappa shape index (κ2) is 8.55. The Bertz CT molecular complexity index is 1010. The van der Waals surface area contributed by atoms with E-state index in [4.69, 9.17) is 14.8 Å². The molecule has 1 saturated heterocycles. The highest BCUT2D eigenvalue weighted by Crippen LogP contribution is 2.37. The van der Waals surface area contributed by atoms with Crippen molar-refractivity contribution in [1.82, 2.24) is 29.9 Å². The summed E-state index contributed by atoms with van der Waals surface area (Å²) in [4.78, 5) is 13.7. The van der Waals surface area contributed by atoms with Crippen LogP contribution in [0.4, 0.5) is 5.95 Å². The summed E-state index contributed by atoms with van der Waals surface area (Å²) >= 11 is 0. The SMILES string of the molecule is COc1cc2ncc(-c3ccnc(N[C@@H]4CCCNC4)n3)n2nc1C1CCCCC1. The molecule has 30 heavy (non-hydrogen) atoms. The van der Waals surface area contributed by atoms with Crippen molar-refractivity contribution >= 4 is 11.6 Å². The second-order valence-corrected chi connectivity index (χ2v) is 8.30. The molecule has 2 aliphatic rings. The smallest absolute Gasteiger partial charge is 0.223 e. The lowest BCUT2D eigenvalue weighted by Gasteiger charge is -2.23. The highest BCUT2D eigenvalue weighted by atomic mass is 16.5. The molecule has 2 N–H and O–H groups in total. The summed E-state index contributed by atoms with van der Waals surface area (Å²) in [6.07, 6.45) is 12.1. The van der Waals surface area contributed by atoms with Gasteiger partial charge >= 0.3 is 0 Å². The van der Waals surface area contributed by atoms with Crippen molar-refractivity contribution in [2.45, 2.75) is 56.9 Å². The zero-order valence-corrected chi connectivity index (χ0v) is 17.5. The van der Waals surface area contributed by atoms with Crippen LogP contribution in [0, 0.1) is 0 Å². The summed E-state index contributed by atoms with van der Waals surface area (Å²) in [5, 5.41) is 11.9. The van der Waals surface area contributed by atoms with Crippen LogP contribution in [0.25, 0.3) is 17.0 Å². The number of ether oxygens (including phenoxy) is 1. The number of piperidine rings is 1. The maximum atomic E-state index is 5.67. The fourth-order valence-electron chi connectivity index (χ4n) is 4.64. The predicted molar refractivity (Wildman–Crippen MR) is 116 cm³/mol. The molecule has 158 valence electrons. The van der Waals surface area contributed by atoms with E-state index in [0.717, 1.165) is 60.8 Å². The largest absolute Gasteiger partial charge is 0.495 e. The molecule has 3 aromatic rings. The molecule has 1 saturated carbocycles. The van der Waals surface area contributed by atoms with E-state index in [9.17, 15) is 0 Å². The standard InChI is InChI=1S/C22H29N7O/c1-30-19-12-20-25-14-18(29(20)28-21(19)15-6-3-2-4-7-15)17-9-11-24-22(27-17)26-16-8-5-10-23-13-16/h9,11-12,14-16,23H,2-8,10,13H2,1H3,(H,24,26,27)/t16-/m1/s1. The summed E-state index contributed by atoms with van der Waals surface area (Å²) in [6.45, 7) is 2.02. The lowest BCUT2D eigenvalue weighted by Crippen LogP contribution is -2.38. The minimum atomic E-state index is 0.358. The van der Waals surface area contributed by atoms with E-state index in [-0.39, 0.29) is 0 Å². The summed E-state index contributed by atoms with van der Waals surface area (Å²) in [5.74, 6) is 1.92. The molecule has 5 rings (SSSR count). The molecule has 1 atom stereocenters. The van der Waals surface area contributed by atoms with Crippen LogP contribution in [0.2, 0.25) is 0 Å². The number of hydrogen-bond acceptors (Lipinski definition) is 7. The second-order valence-electron chi connectivity index (χ2n) is 8.30. The lowest BCUT2D eigenvalue weighted by molar-refractivity contribution is 0.377. The zero-order chi connectivity index (χ0) is 20.3. The molecule has 8 heteroatoms. The van der Waals surface area contributed by atoms with E-state index in [0.29, 0.717) is 17.9 Å². The average Bonchev–Trinajstić information content (AvgIpc) is 3.22. The van der Waals surface area contributed by atoms with Crippen LogP contribution in [-0.4, -0.2) is 50.8 Å². The van der Waals surface area contributed by atoms with Gasteiger partial charge < -0.3 is 15.4 Å². The number of nitrogens with zero attached hydrogens (tertiary/aromatic N) is 5.